The summed E-state index contributed by atoms with van der Waals surface area (Å²) >= 11 is 1.64. The van der Waals surface area contributed by atoms with E-state index in [4.69, 9.17) is 0 Å². The first-order valence-electron chi connectivity index (χ1n) is 6.96. The lowest BCUT2D eigenvalue weighted by Crippen LogP contribution is -2.43. The van der Waals surface area contributed by atoms with E-state index in [9.17, 15) is 9.90 Å². The molecule has 1 amide bonds. The van der Waals surface area contributed by atoms with Gasteiger partial charge in [0.1, 0.15) is 11.9 Å². The maximum Gasteiger partial charge on any atom is 0.251 e. The molecule has 7 heteroatoms. The Morgan fingerprint density at radius 1 is 1.55 bits per heavy atom. The molecular formula is C13H22N4O2S. The van der Waals surface area contributed by atoms with Crippen LogP contribution in [0.5, 0.6) is 0 Å². The molecule has 1 unspecified atom stereocenters. The second kappa shape index (κ2) is 7.08. The monoisotopic (exact) mass is 298 g/mol. The molecule has 0 spiro atoms. The summed E-state index contributed by atoms with van der Waals surface area (Å²) in [7, 11) is 0. The Bertz CT molecular complexity index is 443. The van der Waals surface area contributed by atoms with Gasteiger partial charge in [0.2, 0.25) is 0 Å². The largest absolute Gasteiger partial charge is 0.383 e. The summed E-state index contributed by atoms with van der Waals surface area (Å²) in [6.07, 6.45) is 3.36. The number of aromatic nitrogens is 3. The van der Waals surface area contributed by atoms with Crippen molar-refractivity contribution in [3.8, 4) is 0 Å². The lowest BCUT2D eigenvalue weighted by Gasteiger charge is -2.32. The molecule has 0 radical (unpaired) electrons. The van der Waals surface area contributed by atoms with Crippen molar-refractivity contribution in [2.45, 2.75) is 38.2 Å². The van der Waals surface area contributed by atoms with Crippen LogP contribution in [0.3, 0.4) is 0 Å². The molecule has 0 saturated carbocycles. The second-order valence-electron chi connectivity index (χ2n) is 5.18. The molecule has 1 aromatic rings. The minimum Gasteiger partial charge on any atom is -0.383 e. The molecule has 112 valence electrons. The van der Waals surface area contributed by atoms with E-state index in [1.165, 1.54) is 0 Å². The zero-order valence-electron chi connectivity index (χ0n) is 12.0. The Hall–Kier alpha value is -1.08. The van der Waals surface area contributed by atoms with Crippen LogP contribution in [0, 0.1) is 6.92 Å². The minimum absolute atomic E-state index is 0.135. The fraction of sp³-hybridized carbons (Fsp3) is 0.769. The summed E-state index contributed by atoms with van der Waals surface area (Å²) in [6.45, 7) is 3.23. The third kappa shape index (κ3) is 3.73. The summed E-state index contributed by atoms with van der Waals surface area (Å²) in [5.74, 6) is 2.65. The number of nitrogens with one attached hydrogen (secondary N) is 1. The van der Waals surface area contributed by atoms with Gasteiger partial charge in [-0.1, -0.05) is 0 Å². The summed E-state index contributed by atoms with van der Waals surface area (Å²) in [5, 5.41) is 16.9. The van der Waals surface area contributed by atoms with Gasteiger partial charge in [-0.25, -0.2) is 4.98 Å². The van der Waals surface area contributed by atoms with Crippen LogP contribution in [-0.4, -0.2) is 62.3 Å². The molecule has 6 nitrogen and oxygen atoms in total. The molecule has 2 N–H and O–H groups in total. The number of hydrogen-bond acceptors (Lipinski definition) is 5. The van der Waals surface area contributed by atoms with Gasteiger partial charge >= 0.3 is 0 Å². The third-order valence-electron chi connectivity index (χ3n) is 3.67. The molecule has 1 fully saturated rings. The first-order chi connectivity index (χ1) is 9.61. The fourth-order valence-electron chi connectivity index (χ4n) is 2.46. The fourth-order valence-corrected chi connectivity index (χ4v) is 2.92. The third-order valence-corrected chi connectivity index (χ3v) is 4.31. The molecule has 1 aliphatic rings. The first-order valence-corrected chi connectivity index (χ1v) is 8.36. The molecule has 1 atom stereocenters. The van der Waals surface area contributed by atoms with Gasteiger partial charge in [0.05, 0.1) is 0 Å². The average Bonchev–Trinajstić information content (AvgIpc) is 2.90. The number of aromatic amines is 1. The Kier molecular flexibility index (Phi) is 5.42. The van der Waals surface area contributed by atoms with E-state index in [1.54, 1.807) is 16.7 Å². The molecule has 0 bridgehead atoms. The number of aliphatic hydroxyl groups excluding tert-OH is 1. The van der Waals surface area contributed by atoms with Gasteiger partial charge in [0.15, 0.2) is 5.82 Å². The average molecular weight is 298 g/mol. The van der Waals surface area contributed by atoms with Crippen molar-refractivity contribution >= 4 is 17.7 Å². The standard InChI is InChI=1S/C13H22N4O2S/c1-9-14-12(16-15-9)10-3-6-17(7-4-10)13(19)11(18)5-8-20-2/h10-11,18H,3-8H2,1-2H3,(H,14,15,16). The summed E-state index contributed by atoms with van der Waals surface area (Å²) in [6, 6.07) is 0. The van der Waals surface area contributed by atoms with E-state index >= 15 is 0 Å². The normalized spacial score (nSPS) is 18.2. The highest BCUT2D eigenvalue weighted by Gasteiger charge is 2.28. The van der Waals surface area contributed by atoms with Crippen LogP contribution < -0.4 is 0 Å². The lowest BCUT2D eigenvalue weighted by atomic mass is 9.95. The van der Waals surface area contributed by atoms with Gasteiger partial charge in [-0.2, -0.15) is 16.9 Å². The van der Waals surface area contributed by atoms with Gasteiger partial charge in [-0.3, -0.25) is 9.89 Å². The summed E-state index contributed by atoms with van der Waals surface area (Å²) in [5.41, 5.74) is 0. The SMILES string of the molecule is CSCCC(O)C(=O)N1CCC(c2n[nH]c(C)n2)CC1. The maximum absolute atomic E-state index is 12.1. The van der Waals surface area contributed by atoms with Crippen molar-refractivity contribution in [1.82, 2.24) is 20.1 Å². The van der Waals surface area contributed by atoms with E-state index < -0.39 is 6.10 Å². The van der Waals surface area contributed by atoms with Gasteiger partial charge in [0, 0.05) is 19.0 Å². The number of thioether (sulfide) groups is 1. The number of carbonyl (C=O) groups is 1. The number of aliphatic hydroxyl groups is 1. The van der Waals surface area contributed by atoms with Crippen molar-refractivity contribution in [2.75, 3.05) is 25.1 Å². The molecule has 1 aromatic heterocycles. The molecule has 1 saturated heterocycles. The molecular weight excluding hydrogens is 276 g/mol. The maximum atomic E-state index is 12.1. The van der Waals surface area contributed by atoms with E-state index in [1.807, 2.05) is 13.2 Å². The first kappa shape index (κ1) is 15.3. The van der Waals surface area contributed by atoms with Crippen LogP contribution in [0.4, 0.5) is 0 Å². The van der Waals surface area contributed by atoms with Crippen LogP contribution in [0.15, 0.2) is 0 Å². The molecule has 2 heterocycles. The summed E-state index contributed by atoms with van der Waals surface area (Å²) in [4.78, 5) is 18.2. The number of nitrogens with zero attached hydrogens (tertiary/aromatic N) is 3. The minimum atomic E-state index is -0.857. The predicted molar refractivity (Wildman–Crippen MR) is 78.7 cm³/mol. The topological polar surface area (TPSA) is 82.1 Å². The molecule has 20 heavy (non-hydrogen) atoms. The molecule has 2 rings (SSSR count). The number of piperidine rings is 1. The number of likely N-dealkylation sites (tertiary alicyclic amines) is 1. The number of carbonyl (C=O) groups excluding carboxylic acids is 1. The highest BCUT2D eigenvalue weighted by Crippen LogP contribution is 2.25. The zero-order valence-corrected chi connectivity index (χ0v) is 12.8. The smallest absolute Gasteiger partial charge is 0.251 e. The number of rotatable bonds is 5. The van der Waals surface area contributed by atoms with E-state index in [-0.39, 0.29) is 5.91 Å². The van der Waals surface area contributed by atoms with Crippen LogP contribution in [-0.2, 0) is 4.79 Å². The summed E-state index contributed by atoms with van der Waals surface area (Å²) < 4.78 is 0. The van der Waals surface area contributed by atoms with Crippen molar-refractivity contribution in [3.63, 3.8) is 0 Å². The molecule has 0 aliphatic carbocycles. The van der Waals surface area contributed by atoms with Gasteiger partial charge in [-0.05, 0) is 38.2 Å². The Labute approximate surface area is 123 Å². The van der Waals surface area contributed by atoms with E-state index in [2.05, 4.69) is 15.2 Å². The van der Waals surface area contributed by atoms with Gasteiger partial charge in [-0.15, -0.1) is 0 Å². The second-order valence-corrected chi connectivity index (χ2v) is 6.16. The van der Waals surface area contributed by atoms with E-state index in [0.29, 0.717) is 25.4 Å². The van der Waals surface area contributed by atoms with Crippen molar-refractivity contribution in [1.29, 1.82) is 0 Å². The van der Waals surface area contributed by atoms with Gasteiger partial charge < -0.3 is 10.0 Å². The highest BCUT2D eigenvalue weighted by atomic mass is 32.2. The number of amides is 1. The predicted octanol–water partition coefficient (Wildman–Crippen LogP) is 0.933. The Balaban J connectivity index is 1.83. The highest BCUT2D eigenvalue weighted by molar-refractivity contribution is 7.98. The number of H-pyrrole nitrogens is 1. The van der Waals surface area contributed by atoms with Crippen molar-refractivity contribution in [2.24, 2.45) is 0 Å². The number of hydrogen-bond donors (Lipinski definition) is 2. The molecule has 0 aromatic carbocycles. The van der Waals surface area contributed by atoms with Crippen molar-refractivity contribution in [3.05, 3.63) is 11.6 Å². The van der Waals surface area contributed by atoms with Crippen molar-refractivity contribution < 1.29 is 9.90 Å². The van der Waals surface area contributed by atoms with Gasteiger partial charge in [0.25, 0.3) is 5.91 Å². The number of aryl methyl sites for hydroxylation is 1. The Morgan fingerprint density at radius 2 is 2.25 bits per heavy atom. The quantitative estimate of drug-likeness (QED) is 0.845. The zero-order chi connectivity index (χ0) is 14.5. The van der Waals surface area contributed by atoms with Crippen LogP contribution >= 0.6 is 11.8 Å². The van der Waals surface area contributed by atoms with E-state index in [0.717, 1.165) is 30.2 Å². The lowest BCUT2D eigenvalue weighted by molar-refractivity contribution is -0.141. The Morgan fingerprint density at radius 3 is 2.80 bits per heavy atom. The molecule has 1 aliphatic heterocycles. The van der Waals surface area contributed by atoms with Crippen LogP contribution in [0.25, 0.3) is 0 Å². The van der Waals surface area contributed by atoms with Crippen LogP contribution in [0.1, 0.15) is 36.8 Å². The van der Waals surface area contributed by atoms with Crippen LogP contribution in [0.2, 0.25) is 0 Å².